The molecular formula is C37H75NO8P+. The van der Waals surface area contributed by atoms with Gasteiger partial charge in [0, 0.05) is 12.8 Å². The highest BCUT2D eigenvalue weighted by atomic mass is 31.2. The van der Waals surface area contributed by atoms with Crippen molar-refractivity contribution in [2.24, 2.45) is 0 Å². The van der Waals surface area contributed by atoms with Crippen molar-refractivity contribution in [1.29, 1.82) is 0 Å². The third-order valence-electron chi connectivity index (χ3n) is 8.39. The van der Waals surface area contributed by atoms with E-state index in [1.807, 2.05) is 21.1 Å². The molecule has 0 heterocycles. The van der Waals surface area contributed by atoms with Gasteiger partial charge in [-0.1, -0.05) is 149 Å². The van der Waals surface area contributed by atoms with E-state index in [0.717, 1.165) is 32.1 Å². The van der Waals surface area contributed by atoms with Crippen LogP contribution in [0.2, 0.25) is 0 Å². The Labute approximate surface area is 289 Å². The third kappa shape index (κ3) is 34.7. The lowest BCUT2D eigenvalue weighted by molar-refractivity contribution is -0.870. The maximum absolute atomic E-state index is 12.5. The average Bonchev–Trinajstić information content (AvgIpc) is 3.00. The van der Waals surface area contributed by atoms with Crippen LogP contribution in [0.15, 0.2) is 0 Å². The largest absolute Gasteiger partial charge is 0.472 e. The molecule has 47 heavy (non-hydrogen) atoms. The van der Waals surface area contributed by atoms with Crippen molar-refractivity contribution < 1.29 is 42.1 Å². The summed E-state index contributed by atoms with van der Waals surface area (Å²) in [5.74, 6) is -0.818. The van der Waals surface area contributed by atoms with E-state index in [1.165, 1.54) is 109 Å². The Kier molecular flexibility index (Phi) is 30.4. The average molecular weight is 693 g/mol. The van der Waals surface area contributed by atoms with Crippen molar-refractivity contribution >= 4 is 19.8 Å². The summed E-state index contributed by atoms with van der Waals surface area (Å²) in [7, 11) is 1.48. The topological polar surface area (TPSA) is 108 Å². The number of phosphoric acid groups is 1. The Morgan fingerprint density at radius 2 is 0.957 bits per heavy atom. The predicted molar refractivity (Wildman–Crippen MR) is 192 cm³/mol. The minimum absolute atomic E-state index is 0.0353. The van der Waals surface area contributed by atoms with Crippen LogP contribution < -0.4 is 0 Å². The molecule has 0 aromatic carbocycles. The van der Waals surface area contributed by atoms with Crippen LogP contribution in [0.3, 0.4) is 0 Å². The molecule has 10 heteroatoms. The van der Waals surface area contributed by atoms with Gasteiger partial charge in [-0.25, -0.2) is 4.57 Å². The van der Waals surface area contributed by atoms with E-state index >= 15 is 0 Å². The fourth-order valence-electron chi connectivity index (χ4n) is 5.31. The molecule has 0 saturated carbocycles. The molecule has 0 aromatic heterocycles. The summed E-state index contributed by atoms with van der Waals surface area (Å²) in [5, 5.41) is 0. The van der Waals surface area contributed by atoms with Gasteiger partial charge in [0.05, 0.1) is 27.7 Å². The fraction of sp³-hybridized carbons (Fsp3) is 0.946. The van der Waals surface area contributed by atoms with E-state index in [-0.39, 0.29) is 32.0 Å². The van der Waals surface area contributed by atoms with E-state index in [4.69, 9.17) is 18.5 Å². The van der Waals surface area contributed by atoms with E-state index in [0.29, 0.717) is 17.4 Å². The highest BCUT2D eigenvalue weighted by Crippen LogP contribution is 2.43. The molecule has 0 aromatic rings. The molecule has 0 bridgehead atoms. The van der Waals surface area contributed by atoms with Crippen molar-refractivity contribution in [2.45, 2.75) is 180 Å². The number of nitrogens with zero attached hydrogens (tertiary/aromatic N) is 1. The molecule has 0 spiro atoms. The smallest absolute Gasteiger partial charge is 0.462 e. The monoisotopic (exact) mass is 693 g/mol. The molecule has 0 aliphatic carbocycles. The SMILES string of the molecule is CCCCCCCCCCCCCCCCCCCCCCC(=O)OC(COC(=O)CCCCC)COP(=O)(O)OCC[N+](C)(C)C. The number of unbranched alkanes of at least 4 members (excludes halogenated alkanes) is 21. The van der Waals surface area contributed by atoms with Gasteiger partial charge < -0.3 is 18.9 Å². The fourth-order valence-corrected chi connectivity index (χ4v) is 6.05. The molecular weight excluding hydrogens is 617 g/mol. The number of hydrogen-bond donors (Lipinski definition) is 1. The van der Waals surface area contributed by atoms with Gasteiger partial charge in [0.1, 0.15) is 19.8 Å². The van der Waals surface area contributed by atoms with Crippen LogP contribution in [0.4, 0.5) is 0 Å². The number of rotatable bonds is 35. The lowest BCUT2D eigenvalue weighted by Gasteiger charge is -2.24. The zero-order valence-electron chi connectivity index (χ0n) is 31.3. The first-order chi connectivity index (χ1) is 22.5. The van der Waals surface area contributed by atoms with Crippen LogP contribution in [-0.2, 0) is 32.7 Å². The molecule has 2 unspecified atom stereocenters. The normalized spacial score (nSPS) is 13.7. The molecule has 0 aliphatic heterocycles. The Hall–Kier alpha value is -0.990. The number of quaternary nitrogens is 1. The van der Waals surface area contributed by atoms with Gasteiger partial charge in [0.25, 0.3) is 0 Å². The first-order valence-electron chi connectivity index (χ1n) is 19.3. The quantitative estimate of drug-likeness (QED) is 0.0303. The number of likely N-dealkylation sites (N-methyl/N-ethyl adjacent to an activating group) is 1. The lowest BCUT2D eigenvalue weighted by atomic mass is 10.0. The summed E-state index contributed by atoms with van der Waals surface area (Å²) < 4.78 is 33.8. The van der Waals surface area contributed by atoms with E-state index < -0.39 is 26.5 Å². The summed E-state index contributed by atoms with van der Waals surface area (Å²) in [6.45, 7) is 4.25. The Bertz CT molecular complexity index is 789. The number of phosphoric ester groups is 1. The minimum Gasteiger partial charge on any atom is -0.462 e. The third-order valence-corrected chi connectivity index (χ3v) is 9.37. The number of hydrogen-bond acceptors (Lipinski definition) is 7. The van der Waals surface area contributed by atoms with Gasteiger partial charge in [0.15, 0.2) is 6.10 Å². The summed E-state index contributed by atoms with van der Waals surface area (Å²) in [6, 6.07) is 0. The highest BCUT2D eigenvalue weighted by Gasteiger charge is 2.27. The second-order valence-electron chi connectivity index (χ2n) is 14.3. The van der Waals surface area contributed by atoms with Gasteiger partial charge in [0.2, 0.25) is 0 Å². The molecule has 0 radical (unpaired) electrons. The van der Waals surface area contributed by atoms with Crippen molar-refractivity contribution in [3.63, 3.8) is 0 Å². The van der Waals surface area contributed by atoms with E-state index in [2.05, 4.69) is 13.8 Å². The summed E-state index contributed by atoms with van der Waals surface area (Å²) >= 11 is 0. The molecule has 0 saturated heterocycles. The Morgan fingerprint density at radius 1 is 0.574 bits per heavy atom. The highest BCUT2D eigenvalue weighted by molar-refractivity contribution is 7.47. The number of esters is 2. The maximum Gasteiger partial charge on any atom is 0.472 e. The van der Waals surface area contributed by atoms with Crippen LogP contribution in [0.1, 0.15) is 174 Å². The van der Waals surface area contributed by atoms with Crippen molar-refractivity contribution in [3.05, 3.63) is 0 Å². The number of carbonyl (C=O) groups excluding carboxylic acids is 2. The van der Waals surface area contributed by atoms with E-state index in [1.54, 1.807) is 0 Å². The molecule has 0 rings (SSSR count). The zero-order valence-corrected chi connectivity index (χ0v) is 32.2. The number of ether oxygens (including phenoxy) is 2. The van der Waals surface area contributed by atoms with Crippen LogP contribution in [0.5, 0.6) is 0 Å². The van der Waals surface area contributed by atoms with Crippen LogP contribution in [0.25, 0.3) is 0 Å². The standard InChI is InChI=1S/C37H74NO8P/c1-6-8-10-11-12-13-14-15-16-17-18-19-20-21-22-23-24-25-26-28-30-37(40)46-35(33-43-36(39)29-27-9-7-2)34-45-47(41,42)44-32-31-38(3,4)5/h35H,6-34H2,1-5H3/p+1. The van der Waals surface area contributed by atoms with Crippen LogP contribution >= 0.6 is 7.82 Å². The Balaban J connectivity index is 4.06. The van der Waals surface area contributed by atoms with Crippen molar-refractivity contribution in [2.75, 3.05) is 47.5 Å². The molecule has 0 aliphatic rings. The maximum atomic E-state index is 12.5. The van der Waals surface area contributed by atoms with Gasteiger partial charge in [-0.2, -0.15) is 0 Å². The molecule has 0 amide bonds. The first-order valence-corrected chi connectivity index (χ1v) is 20.8. The van der Waals surface area contributed by atoms with Crippen molar-refractivity contribution in [1.82, 2.24) is 0 Å². The van der Waals surface area contributed by atoms with Crippen LogP contribution in [0, 0.1) is 0 Å². The van der Waals surface area contributed by atoms with Gasteiger partial charge in [-0.15, -0.1) is 0 Å². The zero-order chi connectivity index (χ0) is 35.1. The summed E-state index contributed by atoms with van der Waals surface area (Å²) in [6.07, 6.45) is 28.1. The molecule has 9 nitrogen and oxygen atoms in total. The number of carbonyl (C=O) groups is 2. The van der Waals surface area contributed by atoms with Gasteiger partial charge >= 0.3 is 19.8 Å². The molecule has 0 fully saturated rings. The first kappa shape index (κ1) is 46.0. The second-order valence-corrected chi connectivity index (χ2v) is 15.8. The van der Waals surface area contributed by atoms with Crippen molar-refractivity contribution in [3.8, 4) is 0 Å². The Morgan fingerprint density at radius 3 is 1.40 bits per heavy atom. The lowest BCUT2D eigenvalue weighted by Crippen LogP contribution is -2.37. The van der Waals surface area contributed by atoms with Gasteiger partial charge in [-0.3, -0.25) is 18.6 Å². The predicted octanol–water partition coefficient (Wildman–Crippen LogP) is 10.1. The summed E-state index contributed by atoms with van der Waals surface area (Å²) in [5.41, 5.74) is 0. The van der Waals surface area contributed by atoms with Crippen LogP contribution in [-0.4, -0.2) is 74.9 Å². The second kappa shape index (κ2) is 31.0. The minimum atomic E-state index is -4.35. The molecule has 1 N–H and O–H groups in total. The van der Waals surface area contributed by atoms with Gasteiger partial charge in [-0.05, 0) is 12.8 Å². The van der Waals surface area contributed by atoms with E-state index in [9.17, 15) is 19.0 Å². The molecule has 2 atom stereocenters. The molecule has 280 valence electrons. The summed E-state index contributed by atoms with van der Waals surface area (Å²) in [4.78, 5) is 34.7.